The monoisotopic (exact) mass is 395 g/mol. The first-order valence-electron chi connectivity index (χ1n) is 8.36. The van der Waals surface area contributed by atoms with Crippen LogP contribution >= 0.6 is 0 Å². The Morgan fingerprint density at radius 1 is 1.31 bits per heavy atom. The van der Waals surface area contributed by atoms with E-state index in [1.807, 2.05) is 6.07 Å². The van der Waals surface area contributed by atoms with Gasteiger partial charge in [-0.3, -0.25) is 19.3 Å². The van der Waals surface area contributed by atoms with Gasteiger partial charge in [0.2, 0.25) is 17.1 Å². The molecule has 0 radical (unpaired) electrons. The van der Waals surface area contributed by atoms with Gasteiger partial charge in [-0.25, -0.2) is 0 Å². The third kappa shape index (κ3) is 2.28. The van der Waals surface area contributed by atoms with E-state index in [0.29, 0.717) is 0 Å². The molecular weight excluding hydrogens is 382 g/mol. The fourth-order valence-corrected chi connectivity index (χ4v) is 3.76. The standard InChI is InChI=1S/C19H13N3O7/c20-6-11-17(21)29-15-13(24)5-9(8-23)28-16(15)19(11)10-3-1-2-4-12(10)22(18(19)27)7-14(25)26/h1-5,23H,7-8,21H2,(H,25,26). The van der Waals surface area contributed by atoms with Crippen LogP contribution in [0.4, 0.5) is 5.69 Å². The molecular formula is C19H13N3O7. The van der Waals surface area contributed by atoms with Gasteiger partial charge < -0.3 is 25.1 Å². The zero-order valence-corrected chi connectivity index (χ0v) is 14.7. The van der Waals surface area contributed by atoms with Crippen LogP contribution in [-0.4, -0.2) is 28.6 Å². The number of aliphatic hydroxyl groups excluding tert-OH is 1. The number of nitrogens with zero attached hydrogens (tertiary/aromatic N) is 2. The van der Waals surface area contributed by atoms with E-state index >= 15 is 0 Å². The number of rotatable bonds is 3. The van der Waals surface area contributed by atoms with Gasteiger partial charge in [0.15, 0.2) is 11.2 Å². The lowest BCUT2D eigenvalue weighted by Crippen LogP contribution is -2.47. The second-order valence-corrected chi connectivity index (χ2v) is 6.40. The summed E-state index contributed by atoms with van der Waals surface area (Å²) in [6.45, 7) is -1.33. The summed E-state index contributed by atoms with van der Waals surface area (Å²) in [6.07, 6.45) is 0. The number of aliphatic carboxylic acids is 1. The molecule has 1 aromatic carbocycles. The molecule has 0 saturated carbocycles. The SMILES string of the molecule is N#CC1=C(N)Oc2c(oc(CO)cc2=O)C12C(=O)N(CC(=O)O)c1ccccc12. The highest BCUT2D eigenvalue weighted by atomic mass is 16.5. The first kappa shape index (κ1) is 18.3. The molecule has 1 aromatic heterocycles. The van der Waals surface area contributed by atoms with Crippen molar-refractivity contribution < 1.29 is 29.0 Å². The van der Waals surface area contributed by atoms with E-state index in [4.69, 9.17) is 14.9 Å². The number of ether oxygens (including phenoxy) is 1. The lowest BCUT2D eigenvalue weighted by Gasteiger charge is -2.32. The number of carbonyl (C=O) groups excluding carboxylic acids is 1. The number of nitrogens with two attached hydrogens (primary N) is 1. The van der Waals surface area contributed by atoms with E-state index in [0.717, 1.165) is 11.0 Å². The van der Waals surface area contributed by atoms with Crippen LogP contribution in [0, 0.1) is 11.3 Å². The van der Waals surface area contributed by atoms with Gasteiger partial charge in [-0.1, -0.05) is 18.2 Å². The highest BCUT2D eigenvalue weighted by molar-refractivity contribution is 6.15. The summed E-state index contributed by atoms with van der Waals surface area (Å²) in [5, 5.41) is 28.5. The third-order valence-electron chi connectivity index (χ3n) is 4.86. The van der Waals surface area contributed by atoms with Crippen molar-refractivity contribution in [1.82, 2.24) is 0 Å². The van der Waals surface area contributed by atoms with Gasteiger partial charge in [-0.15, -0.1) is 0 Å². The Balaban J connectivity index is 2.16. The quantitative estimate of drug-likeness (QED) is 0.644. The van der Waals surface area contributed by atoms with Crippen molar-refractivity contribution in [2.45, 2.75) is 12.0 Å². The maximum absolute atomic E-state index is 13.6. The molecule has 0 fully saturated rings. The number of anilines is 1. The number of aliphatic hydroxyl groups is 1. The molecule has 1 atom stereocenters. The fourth-order valence-electron chi connectivity index (χ4n) is 3.76. The Labute approximate surface area is 162 Å². The number of carboxylic acid groups (broad SMARTS) is 1. The Morgan fingerprint density at radius 2 is 2.03 bits per heavy atom. The molecule has 1 amide bonds. The van der Waals surface area contributed by atoms with Gasteiger partial charge >= 0.3 is 5.97 Å². The molecule has 0 bridgehead atoms. The Hall–Kier alpha value is -4.10. The van der Waals surface area contributed by atoms with Crippen LogP contribution in [0.15, 0.2) is 51.0 Å². The predicted octanol–water partition coefficient (Wildman–Crippen LogP) is -0.0643. The summed E-state index contributed by atoms with van der Waals surface area (Å²) < 4.78 is 10.9. The van der Waals surface area contributed by atoms with E-state index < -0.39 is 47.5 Å². The molecule has 2 aliphatic rings. The van der Waals surface area contributed by atoms with Crippen molar-refractivity contribution in [2.75, 3.05) is 11.4 Å². The van der Waals surface area contributed by atoms with Gasteiger partial charge in [0.05, 0.1) is 0 Å². The van der Waals surface area contributed by atoms with E-state index in [2.05, 4.69) is 0 Å². The van der Waals surface area contributed by atoms with Gasteiger partial charge in [0.1, 0.15) is 30.6 Å². The van der Waals surface area contributed by atoms with Gasteiger partial charge in [-0.2, -0.15) is 5.26 Å². The van der Waals surface area contributed by atoms with Crippen molar-refractivity contribution >= 4 is 17.6 Å². The number of nitriles is 1. The highest BCUT2D eigenvalue weighted by Gasteiger charge is 2.62. The Bertz CT molecular complexity index is 1210. The third-order valence-corrected chi connectivity index (χ3v) is 4.86. The zero-order valence-electron chi connectivity index (χ0n) is 14.7. The highest BCUT2D eigenvalue weighted by Crippen LogP contribution is 2.54. The number of hydrogen-bond acceptors (Lipinski definition) is 8. The van der Waals surface area contributed by atoms with Crippen LogP contribution in [0.1, 0.15) is 17.1 Å². The van der Waals surface area contributed by atoms with Crippen molar-refractivity contribution in [3.8, 4) is 11.8 Å². The normalized spacial score (nSPS) is 19.6. The van der Waals surface area contributed by atoms with E-state index in [1.165, 1.54) is 12.1 Å². The number of para-hydroxylation sites is 1. The minimum Gasteiger partial charge on any atom is -0.480 e. The van der Waals surface area contributed by atoms with Crippen LogP contribution in [-0.2, 0) is 21.6 Å². The lowest BCUT2D eigenvalue weighted by molar-refractivity contribution is -0.136. The smallest absolute Gasteiger partial charge is 0.323 e. The van der Waals surface area contributed by atoms with Crippen molar-refractivity contribution in [2.24, 2.45) is 5.73 Å². The zero-order chi connectivity index (χ0) is 20.9. The molecule has 2 aromatic rings. The molecule has 1 unspecified atom stereocenters. The summed E-state index contributed by atoms with van der Waals surface area (Å²) in [5.74, 6) is -3.47. The van der Waals surface area contributed by atoms with Crippen molar-refractivity contribution in [3.63, 3.8) is 0 Å². The molecule has 1 spiro atoms. The maximum atomic E-state index is 13.6. The number of carbonyl (C=O) groups is 2. The van der Waals surface area contributed by atoms with Crippen molar-refractivity contribution in [1.29, 1.82) is 5.26 Å². The van der Waals surface area contributed by atoms with E-state index in [9.17, 15) is 29.9 Å². The summed E-state index contributed by atoms with van der Waals surface area (Å²) in [4.78, 5) is 38.5. The van der Waals surface area contributed by atoms with E-state index in [-0.39, 0.29) is 28.3 Å². The van der Waals surface area contributed by atoms with Crippen LogP contribution in [0.5, 0.6) is 5.75 Å². The largest absolute Gasteiger partial charge is 0.480 e. The Kier molecular flexibility index (Phi) is 3.92. The molecule has 10 nitrogen and oxygen atoms in total. The molecule has 4 N–H and O–H groups in total. The van der Waals surface area contributed by atoms with E-state index in [1.54, 1.807) is 12.1 Å². The fraction of sp³-hybridized carbons (Fsp3) is 0.158. The number of benzene rings is 1. The minimum absolute atomic E-state index is 0.156. The molecule has 0 saturated heterocycles. The number of hydrogen-bond donors (Lipinski definition) is 3. The summed E-state index contributed by atoms with van der Waals surface area (Å²) in [6, 6.07) is 9.04. The Morgan fingerprint density at radius 3 is 2.69 bits per heavy atom. The molecule has 29 heavy (non-hydrogen) atoms. The van der Waals surface area contributed by atoms with Gasteiger partial charge in [-0.05, 0) is 6.07 Å². The molecule has 4 rings (SSSR count). The summed E-state index contributed by atoms with van der Waals surface area (Å²) in [7, 11) is 0. The van der Waals surface area contributed by atoms with Crippen LogP contribution in [0.25, 0.3) is 0 Å². The summed E-state index contributed by atoms with van der Waals surface area (Å²) in [5.41, 5.74) is 3.26. The average molecular weight is 395 g/mol. The molecule has 10 heteroatoms. The first-order chi connectivity index (χ1) is 13.9. The van der Waals surface area contributed by atoms with Crippen LogP contribution in [0.2, 0.25) is 0 Å². The minimum atomic E-state index is -2.01. The predicted molar refractivity (Wildman–Crippen MR) is 95.6 cm³/mol. The van der Waals surface area contributed by atoms with Gasteiger partial charge in [0.25, 0.3) is 5.91 Å². The number of amides is 1. The van der Waals surface area contributed by atoms with Crippen molar-refractivity contribution in [3.05, 3.63) is 69.1 Å². The first-order valence-corrected chi connectivity index (χ1v) is 8.36. The van der Waals surface area contributed by atoms with Gasteiger partial charge in [0, 0.05) is 17.3 Å². The molecule has 146 valence electrons. The molecule has 0 aliphatic carbocycles. The lowest BCUT2D eigenvalue weighted by atomic mass is 9.72. The number of carboxylic acids is 1. The molecule has 2 aliphatic heterocycles. The maximum Gasteiger partial charge on any atom is 0.323 e. The molecule has 3 heterocycles. The average Bonchev–Trinajstić information content (AvgIpc) is 2.92. The topological polar surface area (TPSA) is 167 Å². The number of fused-ring (bicyclic) bond motifs is 4. The van der Waals surface area contributed by atoms with Crippen LogP contribution in [0.3, 0.4) is 0 Å². The van der Waals surface area contributed by atoms with Crippen LogP contribution < -0.4 is 20.8 Å². The second-order valence-electron chi connectivity index (χ2n) is 6.40. The summed E-state index contributed by atoms with van der Waals surface area (Å²) >= 11 is 0. The second kappa shape index (κ2) is 6.22.